The summed E-state index contributed by atoms with van der Waals surface area (Å²) in [4.78, 5) is 25.2. The molecule has 0 aromatic carbocycles. The fourth-order valence-corrected chi connectivity index (χ4v) is 2.82. The minimum absolute atomic E-state index is 0.00614. The van der Waals surface area contributed by atoms with E-state index in [0.717, 1.165) is 0 Å². The van der Waals surface area contributed by atoms with Crippen LogP contribution in [0.1, 0.15) is 21.7 Å². The van der Waals surface area contributed by atoms with E-state index in [4.69, 9.17) is 9.47 Å². The highest BCUT2D eigenvalue weighted by Crippen LogP contribution is 2.26. The molecular formula is C20H16FN5O3. The highest BCUT2D eigenvalue weighted by atomic mass is 19.1. The first kappa shape index (κ1) is 18.5. The monoisotopic (exact) mass is 393 g/mol. The third-order valence-electron chi connectivity index (χ3n) is 4.23. The third-order valence-corrected chi connectivity index (χ3v) is 4.23. The van der Waals surface area contributed by atoms with Gasteiger partial charge in [0.1, 0.15) is 29.4 Å². The summed E-state index contributed by atoms with van der Waals surface area (Å²) in [6, 6.07) is 6.05. The van der Waals surface area contributed by atoms with E-state index in [1.807, 2.05) is 0 Å². The predicted octanol–water partition coefficient (Wildman–Crippen LogP) is 3.19. The number of methoxy groups -OCH3 is 1. The van der Waals surface area contributed by atoms with Gasteiger partial charge in [-0.05, 0) is 25.1 Å². The van der Waals surface area contributed by atoms with Gasteiger partial charge in [-0.1, -0.05) is 0 Å². The molecule has 0 aliphatic rings. The van der Waals surface area contributed by atoms with Crippen LogP contribution in [0.5, 0.6) is 17.2 Å². The number of carbonyl (C=O) groups excluding carboxylic acids is 1. The first-order valence-electron chi connectivity index (χ1n) is 8.69. The van der Waals surface area contributed by atoms with Gasteiger partial charge in [0.05, 0.1) is 43.4 Å². The number of ketones is 1. The minimum atomic E-state index is -0.414. The SMILES string of the molecule is COc1cncc(Oc2cc(C(=O)Cc3ccc(F)c(C)n3)c3ncnn3c2)c1. The Morgan fingerprint density at radius 3 is 2.79 bits per heavy atom. The summed E-state index contributed by atoms with van der Waals surface area (Å²) in [5.41, 5.74) is 1.42. The van der Waals surface area contributed by atoms with Crippen molar-refractivity contribution in [2.75, 3.05) is 7.11 Å². The number of ether oxygens (including phenoxy) is 2. The minimum Gasteiger partial charge on any atom is -0.495 e. The smallest absolute Gasteiger partial charge is 0.172 e. The van der Waals surface area contributed by atoms with E-state index in [-0.39, 0.29) is 17.9 Å². The van der Waals surface area contributed by atoms with E-state index in [0.29, 0.717) is 34.2 Å². The fraction of sp³-hybridized carbons (Fsp3) is 0.150. The number of Topliss-reactive ketones (excluding diaryl/α,β-unsaturated/α-hetero) is 1. The summed E-state index contributed by atoms with van der Waals surface area (Å²) in [5.74, 6) is 0.708. The van der Waals surface area contributed by atoms with E-state index in [1.165, 1.54) is 36.3 Å². The lowest BCUT2D eigenvalue weighted by atomic mass is 10.1. The molecular weight excluding hydrogens is 377 g/mol. The highest BCUT2D eigenvalue weighted by molar-refractivity contribution is 6.02. The highest BCUT2D eigenvalue weighted by Gasteiger charge is 2.17. The second kappa shape index (κ2) is 7.63. The van der Waals surface area contributed by atoms with Gasteiger partial charge in [0, 0.05) is 11.8 Å². The number of carbonyl (C=O) groups is 1. The maximum Gasteiger partial charge on any atom is 0.172 e. The van der Waals surface area contributed by atoms with Crippen LogP contribution in [-0.2, 0) is 6.42 Å². The molecule has 0 bridgehead atoms. The van der Waals surface area contributed by atoms with Gasteiger partial charge in [0.15, 0.2) is 11.4 Å². The van der Waals surface area contributed by atoms with E-state index < -0.39 is 5.82 Å². The van der Waals surface area contributed by atoms with E-state index in [2.05, 4.69) is 20.1 Å². The molecule has 0 aliphatic carbocycles. The molecule has 9 heteroatoms. The van der Waals surface area contributed by atoms with Gasteiger partial charge in [-0.3, -0.25) is 14.8 Å². The second-order valence-corrected chi connectivity index (χ2v) is 6.25. The Morgan fingerprint density at radius 1 is 1.17 bits per heavy atom. The summed E-state index contributed by atoms with van der Waals surface area (Å²) < 4.78 is 25.9. The average Bonchev–Trinajstić information content (AvgIpc) is 3.19. The molecule has 0 saturated carbocycles. The van der Waals surface area contributed by atoms with Crippen LogP contribution in [0.25, 0.3) is 5.65 Å². The molecule has 4 heterocycles. The van der Waals surface area contributed by atoms with Gasteiger partial charge >= 0.3 is 0 Å². The molecule has 146 valence electrons. The molecule has 0 saturated heterocycles. The van der Waals surface area contributed by atoms with Gasteiger partial charge in [-0.2, -0.15) is 5.10 Å². The van der Waals surface area contributed by atoms with Crippen LogP contribution < -0.4 is 9.47 Å². The Bertz CT molecular complexity index is 1210. The lowest BCUT2D eigenvalue weighted by molar-refractivity contribution is 0.0992. The van der Waals surface area contributed by atoms with Crippen molar-refractivity contribution in [3.05, 3.63) is 72.0 Å². The zero-order valence-electron chi connectivity index (χ0n) is 15.7. The summed E-state index contributed by atoms with van der Waals surface area (Å²) in [6.07, 6.45) is 6.04. The first-order valence-corrected chi connectivity index (χ1v) is 8.69. The summed E-state index contributed by atoms with van der Waals surface area (Å²) in [6.45, 7) is 1.55. The molecule has 4 rings (SSSR count). The number of aryl methyl sites for hydroxylation is 1. The summed E-state index contributed by atoms with van der Waals surface area (Å²) >= 11 is 0. The van der Waals surface area contributed by atoms with Crippen LogP contribution >= 0.6 is 0 Å². The lowest BCUT2D eigenvalue weighted by Gasteiger charge is -2.09. The Hall–Kier alpha value is -3.88. The van der Waals surface area contributed by atoms with Crippen LogP contribution in [0.15, 0.2) is 49.2 Å². The van der Waals surface area contributed by atoms with Crippen molar-refractivity contribution in [3.63, 3.8) is 0 Å². The topological polar surface area (TPSA) is 91.5 Å². The molecule has 0 radical (unpaired) electrons. The molecule has 0 atom stereocenters. The average molecular weight is 393 g/mol. The molecule has 4 aromatic heterocycles. The van der Waals surface area contributed by atoms with Crippen molar-refractivity contribution < 1.29 is 18.7 Å². The van der Waals surface area contributed by atoms with Gasteiger partial charge < -0.3 is 9.47 Å². The van der Waals surface area contributed by atoms with E-state index >= 15 is 0 Å². The van der Waals surface area contributed by atoms with Crippen molar-refractivity contribution >= 4 is 11.4 Å². The molecule has 29 heavy (non-hydrogen) atoms. The number of fused-ring (bicyclic) bond motifs is 1. The number of pyridine rings is 3. The van der Waals surface area contributed by atoms with Crippen molar-refractivity contribution in [2.45, 2.75) is 13.3 Å². The van der Waals surface area contributed by atoms with Crippen LogP contribution in [-0.4, -0.2) is 37.5 Å². The normalized spacial score (nSPS) is 10.9. The van der Waals surface area contributed by atoms with Crippen LogP contribution in [0.2, 0.25) is 0 Å². The largest absolute Gasteiger partial charge is 0.495 e. The van der Waals surface area contributed by atoms with Crippen molar-refractivity contribution in [1.29, 1.82) is 0 Å². The van der Waals surface area contributed by atoms with Gasteiger partial charge in [0.25, 0.3) is 0 Å². The third kappa shape index (κ3) is 3.88. The van der Waals surface area contributed by atoms with Crippen molar-refractivity contribution in [1.82, 2.24) is 24.6 Å². The Labute approximate surface area is 165 Å². The first-order chi connectivity index (χ1) is 14.0. The number of aromatic nitrogens is 5. The number of hydrogen-bond donors (Lipinski definition) is 0. The maximum absolute atomic E-state index is 13.4. The van der Waals surface area contributed by atoms with Crippen molar-refractivity contribution in [3.8, 4) is 17.2 Å². The van der Waals surface area contributed by atoms with Crippen LogP contribution in [0.3, 0.4) is 0 Å². The van der Waals surface area contributed by atoms with Gasteiger partial charge in [-0.25, -0.2) is 13.9 Å². The molecule has 0 aliphatic heterocycles. The quantitative estimate of drug-likeness (QED) is 0.465. The zero-order valence-corrected chi connectivity index (χ0v) is 15.7. The Morgan fingerprint density at radius 2 is 2.00 bits per heavy atom. The second-order valence-electron chi connectivity index (χ2n) is 6.25. The fourth-order valence-electron chi connectivity index (χ4n) is 2.82. The number of nitrogens with zero attached hydrogens (tertiary/aromatic N) is 5. The van der Waals surface area contributed by atoms with Crippen molar-refractivity contribution in [2.24, 2.45) is 0 Å². The number of halogens is 1. The molecule has 0 fully saturated rings. The zero-order chi connectivity index (χ0) is 20.4. The predicted molar refractivity (Wildman–Crippen MR) is 101 cm³/mol. The number of hydrogen-bond acceptors (Lipinski definition) is 7. The molecule has 8 nitrogen and oxygen atoms in total. The molecule has 4 aromatic rings. The van der Waals surface area contributed by atoms with Gasteiger partial charge in [-0.15, -0.1) is 0 Å². The van der Waals surface area contributed by atoms with Crippen LogP contribution in [0.4, 0.5) is 4.39 Å². The molecule has 0 N–H and O–H groups in total. The maximum atomic E-state index is 13.4. The lowest BCUT2D eigenvalue weighted by Crippen LogP contribution is -2.09. The molecule has 0 spiro atoms. The van der Waals surface area contributed by atoms with E-state index in [9.17, 15) is 9.18 Å². The van der Waals surface area contributed by atoms with Crippen LogP contribution in [0, 0.1) is 12.7 Å². The summed E-state index contributed by atoms with van der Waals surface area (Å²) in [5, 5.41) is 4.10. The van der Waals surface area contributed by atoms with Gasteiger partial charge in [0.2, 0.25) is 0 Å². The summed E-state index contributed by atoms with van der Waals surface area (Å²) in [7, 11) is 1.53. The standard InChI is InChI=1S/C20H16FN5O3/c1-12-18(21)4-3-13(25-12)5-19(27)17-7-16(10-26-20(17)23-11-24-26)29-15-6-14(28-2)8-22-9-15/h3-4,6-11H,5H2,1-2H3. The van der Waals surface area contributed by atoms with E-state index in [1.54, 1.807) is 31.5 Å². The molecule has 0 unspecified atom stereocenters. The Balaban J connectivity index is 1.66. The number of rotatable bonds is 6. The Kier molecular flexibility index (Phi) is 4.86. The molecule has 0 amide bonds.